The van der Waals surface area contributed by atoms with Crippen molar-refractivity contribution in [2.45, 2.75) is 13.1 Å². The fraction of sp³-hybridized carbons (Fsp3) is 0.462. The third kappa shape index (κ3) is 3.81. The molecule has 1 fully saturated rings. The molecule has 0 unspecified atom stereocenters. The summed E-state index contributed by atoms with van der Waals surface area (Å²) in [5, 5.41) is 0. The number of hydrogen-bond donors (Lipinski definition) is 0. The minimum absolute atomic E-state index is 0.0799. The van der Waals surface area contributed by atoms with Gasteiger partial charge in [-0.1, -0.05) is 15.9 Å². The maximum Gasteiger partial charge on any atom is 0.324 e. The highest BCUT2D eigenvalue weighted by Gasteiger charge is 2.28. The van der Waals surface area contributed by atoms with E-state index in [2.05, 4.69) is 29.0 Å². The SMILES string of the molecule is C[SiH](C)OCCN1CCN(c2ccc(Br)cc2)C1=O. The number of urea groups is 1. The Morgan fingerprint density at radius 1 is 1.26 bits per heavy atom. The van der Waals surface area contributed by atoms with Crippen LogP contribution in [0.25, 0.3) is 0 Å². The number of carbonyl (C=O) groups excluding carboxylic acids is 1. The molecule has 0 aromatic heterocycles. The highest BCUT2D eigenvalue weighted by Crippen LogP contribution is 2.22. The predicted octanol–water partition coefficient (Wildman–Crippen LogP) is 2.69. The summed E-state index contributed by atoms with van der Waals surface area (Å²) in [5.41, 5.74) is 0.954. The Bertz CT molecular complexity index is 439. The molecule has 2 rings (SSSR count). The number of amides is 2. The van der Waals surface area contributed by atoms with Crippen LogP contribution in [0.5, 0.6) is 0 Å². The van der Waals surface area contributed by atoms with E-state index in [9.17, 15) is 4.79 Å². The summed E-state index contributed by atoms with van der Waals surface area (Å²) in [6.07, 6.45) is 0. The van der Waals surface area contributed by atoms with Gasteiger partial charge in [0.05, 0.1) is 6.61 Å². The number of nitrogens with zero attached hydrogens (tertiary/aromatic N) is 2. The lowest BCUT2D eigenvalue weighted by Gasteiger charge is -2.19. The zero-order chi connectivity index (χ0) is 13.8. The van der Waals surface area contributed by atoms with Gasteiger partial charge in [0.25, 0.3) is 0 Å². The molecule has 4 nitrogen and oxygen atoms in total. The van der Waals surface area contributed by atoms with E-state index in [0.717, 1.165) is 23.2 Å². The Labute approximate surface area is 124 Å². The first kappa shape index (κ1) is 14.6. The molecule has 1 heterocycles. The molecule has 0 spiro atoms. The number of benzene rings is 1. The lowest BCUT2D eigenvalue weighted by atomic mass is 10.3. The number of anilines is 1. The van der Waals surface area contributed by atoms with Crippen LogP contribution in [0, 0.1) is 0 Å². The van der Waals surface area contributed by atoms with Crippen LogP contribution in [-0.2, 0) is 4.43 Å². The summed E-state index contributed by atoms with van der Waals surface area (Å²) in [6.45, 7) is 7.15. The zero-order valence-corrected chi connectivity index (χ0v) is 14.0. The first-order chi connectivity index (χ1) is 9.08. The Hall–Kier alpha value is -0.853. The number of carbonyl (C=O) groups is 1. The molecule has 2 amide bonds. The van der Waals surface area contributed by atoms with Crippen molar-refractivity contribution < 1.29 is 9.22 Å². The van der Waals surface area contributed by atoms with Gasteiger partial charge >= 0.3 is 6.03 Å². The molecule has 1 saturated heterocycles. The summed E-state index contributed by atoms with van der Waals surface area (Å²) in [5.74, 6) is 0. The molecule has 0 aliphatic carbocycles. The molecule has 1 aliphatic rings. The minimum Gasteiger partial charge on any atom is -0.419 e. The van der Waals surface area contributed by atoms with Crippen LogP contribution >= 0.6 is 15.9 Å². The third-order valence-electron chi connectivity index (χ3n) is 3.05. The third-order valence-corrected chi connectivity index (χ3v) is 4.48. The van der Waals surface area contributed by atoms with Crippen LogP contribution in [0.15, 0.2) is 28.7 Å². The molecule has 1 aromatic carbocycles. The van der Waals surface area contributed by atoms with E-state index in [4.69, 9.17) is 4.43 Å². The molecule has 6 heteroatoms. The Balaban J connectivity index is 1.92. The second-order valence-electron chi connectivity index (χ2n) is 4.82. The van der Waals surface area contributed by atoms with E-state index < -0.39 is 9.04 Å². The van der Waals surface area contributed by atoms with E-state index in [1.165, 1.54) is 0 Å². The topological polar surface area (TPSA) is 32.8 Å². The van der Waals surface area contributed by atoms with Crippen LogP contribution in [0.3, 0.4) is 0 Å². The quantitative estimate of drug-likeness (QED) is 0.770. The van der Waals surface area contributed by atoms with Crippen molar-refractivity contribution in [1.29, 1.82) is 0 Å². The molecule has 0 atom stereocenters. The normalized spacial score (nSPS) is 15.7. The summed E-state index contributed by atoms with van der Waals surface area (Å²) in [6, 6.07) is 7.92. The van der Waals surface area contributed by atoms with Gasteiger partial charge in [0.2, 0.25) is 0 Å². The van der Waals surface area contributed by atoms with E-state index in [-0.39, 0.29) is 6.03 Å². The van der Waals surface area contributed by atoms with Crippen molar-refractivity contribution in [3.8, 4) is 0 Å². The summed E-state index contributed by atoms with van der Waals surface area (Å²) in [4.78, 5) is 15.9. The smallest absolute Gasteiger partial charge is 0.324 e. The van der Waals surface area contributed by atoms with Crippen molar-refractivity contribution in [1.82, 2.24) is 4.90 Å². The number of rotatable bonds is 5. The summed E-state index contributed by atoms with van der Waals surface area (Å²) in [7, 11) is -0.989. The molecule has 0 bridgehead atoms. The molecule has 104 valence electrons. The van der Waals surface area contributed by atoms with E-state index in [1.54, 1.807) is 0 Å². The van der Waals surface area contributed by atoms with Crippen LogP contribution in [0.4, 0.5) is 10.5 Å². The van der Waals surface area contributed by atoms with Gasteiger partial charge in [-0.25, -0.2) is 4.79 Å². The van der Waals surface area contributed by atoms with Crippen molar-refractivity contribution >= 4 is 36.7 Å². The average Bonchev–Trinajstić information content (AvgIpc) is 2.72. The fourth-order valence-electron chi connectivity index (χ4n) is 2.05. The van der Waals surface area contributed by atoms with E-state index in [1.807, 2.05) is 34.1 Å². The minimum atomic E-state index is -0.989. The second kappa shape index (κ2) is 6.54. The fourth-order valence-corrected chi connectivity index (χ4v) is 2.89. The maximum atomic E-state index is 12.3. The van der Waals surface area contributed by atoms with Gasteiger partial charge in [0, 0.05) is 29.8 Å². The highest BCUT2D eigenvalue weighted by atomic mass is 79.9. The molecule has 0 N–H and O–H groups in total. The van der Waals surface area contributed by atoms with Gasteiger partial charge < -0.3 is 9.33 Å². The van der Waals surface area contributed by atoms with Crippen molar-refractivity contribution in [3.63, 3.8) is 0 Å². The van der Waals surface area contributed by atoms with Gasteiger partial charge in [-0.3, -0.25) is 4.90 Å². The van der Waals surface area contributed by atoms with Gasteiger partial charge in [0.15, 0.2) is 9.04 Å². The summed E-state index contributed by atoms with van der Waals surface area (Å²) >= 11 is 3.40. The maximum absolute atomic E-state index is 12.3. The lowest BCUT2D eigenvalue weighted by Crippen LogP contribution is -2.34. The van der Waals surface area contributed by atoms with Crippen LogP contribution in [0.2, 0.25) is 13.1 Å². The van der Waals surface area contributed by atoms with Crippen molar-refractivity contribution in [2.75, 3.05) is 31.1 Å². The molecule has 0 saturated carbocycles. The van der Waals surface area contributed by atoms with Gasteiger partial charge in [0.1, 0.15) is 0 Å². The predicted molar refractivity (Wildman–Crippen MR) is 83.3 cm³/mol. The van der Waals surface area contributed by atoms with Crippen molar-refractivity contribution in [2.24, 2.45) is 0 Å². The number of halogens is 1. The summed E-state index contributed by atoms with van der Waals surface area (Å²) < 4.78 is 6.65. The molecule has 19 heavy (non-hydrogen) atoms. The molecule has 0 radical (unpaired) electrons. The number of hydrogen-bond acceptors (Lipinski definition) is 2. The Morgan fingerprint density at radius 3 is 2.58 bits per heavy atom. The first-order valence-corrected chi connectivity index (χ1v) is 10.1. The Kier molecular flexibility index (Phi) is 5.01. The monoisotopic (exact) mass is 342 g/mol. The Morgan fingerprint density at radius 2 is 1.95 bits per heavy atom. The molecular weight excluding hydrogens is 324 g/mol. The standard InChI is InChI=1S/C13H19BrN2O2Si/c1-19(2)18-10-9-15-7-8-16(13(15)17)12-5-3-11(14)4-6-12/h3-6,19H,7-10H2,1-2H3. The van der Waals surface area contributed by atoms with E-state index in [0.29, 0.717) is 13.2 Å². The van der Waals surface area contributed by atoms with Crippen LogP contribution in [0.1, 0.15) is 0 Å². The van der Waals surface area contributed by atoms with Gasteiger partial charge in [-0.2, -0.15) is 0 Å². The van der Waals surface area contributed by atoms with Crippen LogP contribution < -0.4 is 4.90 Å². The second-order valence-corrected chi connectivity index (χ2v) is 8.16. The van der Waals surface area contributed by atoms with Gasteiger partial charge in [-0.15, -0.1) is 0 Å². The lowest BCUT2D eigenvalue weighted by molar-refractivity contribution is 0.205. The first-order valence-electron chi connectivity index (χ1n) is 6.51. The highest BCUT2D eigenvalue weighted by molar-refractivity contribution is 9.10. The molecule has 1 aromatic rings. The van der Waals surface area contributed by atoms with Crippen molar-refractivity contribution in [3.05, 3.63) is 28.7 Å². The molecule has 1 aliphatic heterocycles. The van der Waals surface area contributed by atoms with Crippen LogP contribution in [-0.4, -0.2) is 46.2 Å². The largest absolute Gasteiger partial charge is 0.419 e. The molecular formula is C13H19BrN2O2Si. The average molecular weight is 343 g/mol. The van der Waals surface area contributed by atoms with E-state index >= 15 is 0 Å². The van der Waals surface area contributed by atoms with Gasteiger partial charge in [-0.05, 0) is 37.4 Å². The zero-order valence-electron chi connectivity index (χ0n) is 11.3.